The molecular formula is C30H26O14. The second kappa shape index (κ2) is 12.1. The second-order valence-corrected chi connectivity index (χ2v) is 9.84. The highest BCUT2D eigenvalue weighted by atomic mass is 16.7. The predicted molar refractivity (Wildman–Crippen MR) is 149 cm³/mol. The summed E-state index contributed by atoms with van der Waals surface area (Å²) in [7, 11) is 0. The van der Waals surface area contributed by atoms with Gasteiger partial charge in [-0.2, -0.15) is 0 Å². The van der Waals surface area contributed by atoms with E-state index in [9.17, 15) is 50.4 Å². The fraction of sp³-hybridized carbons (Fsp3) is 0.200. The normalized spacial score (nSPS) is 21.8. The van der Waals surface area contributed by atoms with Gasteiger partial charge in [-0.3, -0.25) is 4.79 Å². The molecule has 3 aliphatic rings. The smallest absolute Gasteiger partial charge is 0.330 e. The van der Waals surface area contributed by atoms with Crippen LogP contribution in [0.4, 0.5) is 0 Å². The van der Waals surface area contributed by atoms with Gasteiger partial charge in [0.25, 0.3) is 0 Å². The Morgan fingerprint density at radius 3 is 2.20 bits per heavy atom. The molecular weight excluding hydrogens is 584 g/mol. The monoisotopic (exact) mass is 610 g/mol. The highest BCUT2D eigenvalue weighted by Crippen LogP contribution is 2.43. The molecule has 230 valence electrons. The van der Waals surface area contributed by atoms with Crippen molar-refractivity contribution in [2.45, 2.75) is 30.7 Å². The molecule has 2 aromatic carbocycles. The van der Waals surface area contributed by atoms with Gasteiger partial charge in [-0.05, 0) is 48.0 Å². The lowest BCUT2D eigenvalue weighted by Gasteiger charge is -2.40. The molecule has 8 N–H and O–H groups in total. The summed E-state index contributed by atoms with van der Waals surface area (Å²) >= 11 is 0. The van der Waals surface area contributed by atoms with Crippen molar-refractivity contribution < 1.29 is 64.3 Å². The summed E-state index contributed by atoms with van der Waals surface area (Å²) in [6, 6.07) is 10.8. The number of phenols is 5. The van der Waals surface area contributed by atoms with Crippen LogP contribution in [0.3, 0.4) is 0 Å². The summed E-state index contributed by atoms with van der Waals surface area (Å²) in [4.78, 5) is 24.2. The summed E-state index contributed by atoms with van der Waals surface area (Å²) in [5.41, 5.74) is -0.0349. The molecule has 2 aliphatic heterocycles. The van der Waals surface area contributed by atoms with Gasteiger partial charge < -0.3 is 59.5 Å². The number of aromatic hydroxyl groups is 5. The summed E-state index contributed by atoms with van der Waals surface area (Å²) in [5.74, 6) is -3.45. The third kappa shape index (κ3) is 6.23. The minimum atomic E-state index is -1.84. The standard InChI is InChI=1S/C30H26O14/c31-15-9-19(34)16-11-23(29(42-22(16)10-15)14-3-5-18(33)21(36)8-14)43-30-28(40)27(39)26(38)24(44-30)12-41-25(37)6-2-13-1-4-17(32)20(35)7-13/h1-11,24,26-28,30,32-36,38-40H,12H2/b6-2+/t24?,26-,27?,28?,30-/m1/s1. The topological polar surface area (TPSA) is 237 Å². The van der Waals surface area contributed by atoms with Gasteiger partial charge in [-0.1, -0.05) is 6.07 Å². The number of hydrogen-bond acceptors (Lipinski definition) is 14. The lowest BCUT2D eigenvalue weighted by atomic mass is 9.99. The number of carbonyl (C=O) groups excluding carboxylic acids is 1. The Kier molecular flexibility index (Phi) is 8.33. The van der Waals surface area contributed by atoms with Crippen LogP contribution in [0, 0.1) is 0 Å². The minimum absolute atomic E-state index is 0.0245. The summed E-state index contributed by atoms with van der Waals surface area (Å²) in [6.45, 7) is -0.595. The van der Waals surface area contributed by atoms with Crippen molar-refractivity contribution in [1.29, 1.82) is 0 Å². The van der Waals surface area contributed by atoms with Gasteiger partial charge in [0, 0.05) is 23.8 Å². The number of benzene rings is 3. The number of ether oxygens (including phenoxy) is 3. The maximum atomic E-state index is 12.3. The van der Waals surface area contributed by atoms with Crippen LogP contribution in [0.25, 0.3) is 28.7 Å². The number of carbonyl (C=O) groups is 1. The van der Waals surface area contributed by atoms with E-state index in [-0.39, 0.29) is 34.1 Å². The molecule has 14 nitrogen and oxygen atoms in total. The number of rotatable bonds is 7. The molecule has 3 unspecified atom stereocenters. The average molecular weight is 611 g/mol. The fourth-order valence-electron chi connectivity index (χ4n) is 4.42. The number of hydrogen-bond donors (Lipinski definition) is 8. The number of phenolic OH excluding ortho intramolecular Hbond substituents is 5. The SMILES string of the molecule is O=C(/C=C/c1ccc(O)c(O)c1)OCC1O[C@@H](Oc2cc3c(O)cc(=O)cc-3oc2-c2ccc(O)c(O)c2)C(O)C(O)[C@@H]1O. The summed E-state index contributed by atoms with van der Waals surface area (Å²) < 4.78 is 22.4. The van der Waals surface area contributed by atoms with Gasteiger partial charge in [-0.15, -0.1) is 0 Å². The first-order valence-corrected chi connectivity index (χ1v) is 13.0. The Hall–Kier alpha value is -5.28. The quantitative estimate of drug-likeness (QED) is 0.0839. The summed E-state index contributed by atoms with van der Waals surface area (Å²) in [6.07, 6.45) is -6.19. The van der Waals surface area contributed by atoms with E-state index < -0.39 is 71.7 Å². The third-order valence-electron chi connectivity index (χ3n) is 6.76. The highest BCUT2D eigenvalue weighted by Gasteiger charge is 2.46. The van der Waals surface area contributed by atoms with Crippen molar-refractivity contribution in [3.8, 4) is 57.1 Å². The first-order valence-electron chi connectivity index (χ1n) is 13.0. The molecule has 0 radical (unpaired) electrons. The van der Waals surface area contributed by atoms with E-state index in [1.807, 2.05) is 0 Å². The Bertz CT molecular complexity index is 1740. The van der Waals surface area contributed by atoms with Crippen molar-refractivity contribution in [3.05, 3.63) is 76.5 Å². The molecule has 1 fully saturated rings. The van der Waals surface area contributed by atoms with E-state index in [4.69, 9.17) is 18.6 Å². The predicted octanol–water partition coefficient (Wildman–Crippen LogP) is 1.38. The van der Waals surface area contributed by atoms with E-state index >= 15 is 0 Å². The zero-order valence-electron chi connectivity index (χ0n) is 22.5. The number of esters is 1. The molecule has 0 aromatic heterocycles. The largest absolute Gasteiger partial charge is 0.507 e. The Labute approximate surface area is 247 Å². The van der Waals surface area contributed by atoms with Crippen molar-refractivity contribution in [3.63, 3.8) is 0 Å². The zero-order valence-corrected chi connectivity index (χ0v) is 22.5. The number of aliphatic hydroxyl groups is 3. The van der Waals surface area contributed by atoms with Gasteiger partial charge >= 0.3 is 5.97 Å². The molecule has 14 heteroatoms. The molecule has 0 bridgehead atoms. The van der Waals surface area contributed by atoms with Crippen molar-refractivity contribution in [2.24, 2.45) is 0 Å². The molecule has 0 amide bonds. The maximum absolute atomic E-state index is 12.3. The lowest BCUT2D eigenvalue weighted by molar-refractivity contribution is -0.278. The van der Waals surface area contributed by atoms with E-state index in [0.717, 1.165) is 30.3 Å². The van der Waals surface area contributed by atoms with Gasteiger partial charge in [0.05, 0.1) is 5.56 Å². The van der Waals surface area contributed by atoms with Crippen LogP contribution < -0.4 is 10.2 Å². The second-order valence-electron chi connectivity index (χ2n) is 9.84. The molecule has 0 spiro atoms. The van der Waals surface area contributed by atoms with Crippen LogP contribution >= 0.6 is 0 Å². The van der Waals surface area contributed by atoms with Crippen molar-refractivity contribution in [2.75, 3.05) is 6.61 Å². The Morgan fingerprint density at radius 2 is 1.50 bits per heavy atom. The van der Waals surface area contributed by atoms with Crippen molar-refractivity contribution >= 4 is 12.0 Å². The van der Waals surface area contributed by atoms with E-state index in [1.165, 1.54) is 36.4 Å². The fourth-order valence-corrected chi connectivity index (χ4v) is 4.42. The van der Waals surface area contributed by atoms with Crippen LogP contribution in [-0.4, -0.2) is 84.1 Å². The van der Waals surface area contributed by atoms with E-state index in [0.29, 0.717) is 5.56 Å². The lowest BCUT2D eigenvalue weighted by Crippen LogP contribution is -2.60. The molecule has 0 saturated carbocycles. The summed E-state index contributed by atoms with van der Waals surface area (Å²) in [5, 5.41) is 80.7. The van der Waals surface area contributed by atoms with Crippen LogP contribution in [-0.2, 0) is 14.3 Å². The van der Waals surface area contributed by atoms with E-state index in [2.05, 4.69) is 0 Å². The Morgan fingerprint density at radius 1 is 0.795 bits per heavy atom. The van der Waals surface area contributed by atoms with Crippen LogP contribution in [0.5, 0.6) is 34.5 Å². The van der Waals surface area contributed by atoms with Gasteiger partial charge in [0.1, 0.15) is 42.5 Å². The molecule has 2 aromatic rings. The Balaban J connectivity index is 1.39. The first-order chi connectivity index (χ1) is 20.9. The van der Waals surface area contributed by atoms with Crippen molar-refractivity contribution in [1.82, 2.24) is 0 Å². The maximum Gasteiger partial charge on any atom is 0.330 e. The average Bonchev–Trinajstić information content (AvgIpc) is 2.98. The molecule has 5 atom stereocenters. The molecule has 5 rings (SSSR count). The molecule has 1 saturated heterocycles. The number of fused-ring (bicyclic) bond motifs is 1. The van der Waals surface area contributed by atoms with Crippen LogP contribution in [0.15, 0.2) is 69.9 Å². The first kappa shape index (κ1) is 30.2. The zero-order chi connectivity index (χ0) is 31.7. The van der Waals surface area contributed by atoms with E-state index in [1.54, 1.807) is 0 Å². The van der Waals surface area contributed by atoms with Crippen LogP contribution in [0.2, 0.25) is 0 Å². The molecule has 1 aliphatic carbocycles. The van der Waals surface area contributed by atoms with Gasteiger partial charge in [-0.25, -0.2) is 4.79 Å². The highest BCUT2D eigenvalue weighted by molar-refractivity contribution is 5.87. The minimum Gasteiger partial charge on any atom is -0.507 e. The molecule has 44 heavy (non-hydrogen) atoms. The van der Waals surface area contributed by atoms with Crippen LogP contribution in [0.1, 0.15) is 5.56 Å². The molecule has 2 heterocycles. The van der Waals surface area contributed by atoms with Gasteiger partial charge in [0.2, 0.25) is 6.29 Å². The van der Waals surface area contributed by atoms with Gasteiger partial charge in [0.15, 0.2) is 39.9 Å². The third-order valence-corrected chi connectivity index (χ3v) is 6.76. The number of aliphatic hydroxyl groups excluding tert-OH is 3.